The fourth-order valence-electron chi connectivity index (χ4n) is 9.37. The van der Waals surface area contributed by atoms with E-state index in [2.05, 4.69) is 27.7 Å². The van der Waals surface area contributed by atoms with Gasteiger partial charge in [-0.25, -0.2) is 0 Å². The van der Waals surface area contributed by atoms with Crippen LogP contribution in [0.1, 0.15) is 92.4 Å². The number of hydrogen-bond acceptors (Lipinski definition) is 7. The molecule has 12 unspecified atom stereocenters. The second-order valence-corrected chi connectivity index (χ2v) is 14.6. The van der Waals surface area contributed by atoms with Crippen LogP contribution in [0.2, 0.25) is 0 Å². The summed E-state index contributed by atoms with van der Waals surface area (Å²) >= 11 is 0. The molecule has 0 heterocycles. The van der Waals surface area contributed by atoms with Gasteiger partial charge in [0.1, 0.15) is 5.60 Å². The lowest BCUT2D eigenvalue weighted by Gasteiger charge is -2.63. The van der Waals surface area contributed by atoms with Crippen LogP contribution < -0.4 is 0 Å². The summed E-state index contributed by atoms with van der Waals surface area (Å²) in [5.41, 5.74) is -1.68. The summed E-state index contributed by atoms with van der Waals surface area (Å²) in [6.45, 7) is 10.4. The van der Waals surface area contributed by atoms with Gasteiger partial charge in [0.2, 0.25) is 0 Å². The van der Waals surface area contributed by atoms with Crippen molar-refractivity contribution in [3.8, 4) is 0 Å². The number of aliphatic hydroxyl groups is 7. The molecule has 37 heavy (non-hydrogen) atoms. The zero-order valence-corrected chi connectivity index (χ0v) is 23.6. The fraction of sp³-hybridized carbons (Fsp3) is 1.00. The Balaban J connectivity index is 1.60. The molecule has 216 valence electrons. The van der Waals surface area contributed by atoms with Crippen molar-refractivity contribution < 1.29 is 35.7 Å². The van der Waals surface area contributed by atoms with E-state index in [0.717, 1.165) is 44.9 Å². The van der Waals surface area contributed by atoms with Crippen LogP contribution >= 0.6 is 0 Å². The maximum Gasteiger partial charge on any atom is 0.120 e. The molecular weight excluding hydrogens is 472 g/mol. The summed E-state index contributed by atoms with van der Waals surface area (Å²) in [5, 5.41) is 78.8. The summed E-state index contributed by atoms with van der Waals surface area (Å²) in [4.78, 5) is 0. The molecule has 0 aromatic carbocycles. The predicted molar refractivity (Wildman–Crippen MR) is 141 cm³/mol. The first-order valence-corrected chi connectivity index (χ1v) is 15.0. The van der Waals surface area contributed by atoms with Crippen LogP contribution in [-0.4, -0.2) is 78.0 Å². The highest BCUT2D eigenvalue weighted by molar-refractivity contribution is 5.16. The van der Waals surface area contributed by atoms with E-state index in [4.69, 9.17) is 0 Å². The lowest BCUT2D eigenvalue weighted by Crippen LogP contribution is -2.73. The molecule has 0 aromatic heterocycles. The third kappa shape index (κ3) is 5.28. The van der Waals surface area contributed by atoms with E-state index >= 15 is 0 Å². The quantitative estimate of drug-likeness (QED) is 0.282. The average Bonchev–Trinajstić information content (AvgIpc) is 2.78. The number of rotatable bonds is 6. The van der Waals surface area contributed by atoms with E-state index in [1.165, 1.54) is 6.92 Å². The number of fused-ring (bicyclic) bond motifs is 3. The largest absolute Gasteiger partial charge is 0.393 e. The first kappa shape index (κ1) is 29.7. The molecule has 4 rings (SSSR count). The minimum Gasteiger partial charge on any atom is -0.393 e. The van der Waals surface area contributed by atoms with Crippen LogP contribution in [0.4, 0.5) is 0 Å². The van der Waals surface area contributed by atoms with Crippen LogP contribution in [0.5, 0.6) is 0 Å². The lowest BCUT2D eigenvalue weighted by atomic mass is 9.47. The van der Waals surface area contributed by atoms with Crippen molar-refractivity contribution in [2.75, 3.05) is 0 Å². The van der Waals surface area contributed by atoms with Crippen LogP contribution in [0.15, 0.2) is 0 Å². The Bertz CT molecular complexity index is 768. The van der Waals surface area contributed by atoms with Gasteiger partial charge in [-0.1, -0.05) is 47.0 Å². The molecule has 4 aliphatic rings. The predicted octanol–water partition coefficient (Wildman–Crippen LogP) is 2.46. The van der Waals surface area contributed by atoms with Crippen molar-refractivity contribution in [1.29, 1.82) is 0 Å². The van der Waals surface area contributed by atoms with Gasteiger partial charge in [0.25, 0.3) is 0 Å². The van der Waals surface area contributed by atoms with Gasteiger partial charge in [-0.3, -0.25) is 0 Å². The normalized spacial score (nSPS) is 51.1. The molecule has 7 N–H and O–H groups in total. The molecule has 7 nitrogen and oxygen atoms in total. The Morgan fingerprint density at radius 3 is 2.11 bits per heavy atom. The minimum absolute atomic E-state index is 0.0528. The molecular formula is C30H54O7. The monoisotopic (exact) mass is 526 g/mol. The van der Waals surface area contributed by atoms with Gasteiger partial charge >= 0.3 is 0 Å². The van der Waals surface area contributed by atoms with E-state index in [-0.39, 0.29) is 35.5 Å². The third-order valence-corrected chi connectivity index (χ3v) is 11.1. The molecule has 15 atom stereocenters. The summed E-state index contributed by atoms with van der Waals surface area (Å²) in [5.74, 6) is -1.88. The summed E-state index contributed by atoms with van der Waals surface area (Å²) in [6, 6.07) is 0. The maximum absolute atomic E-state index is 11.8. The molecule has 0 saturated heterocycles. The van der Waals surface area contributed by atoms with Crippen molar-refractivity contribution in [1.82, 2.24) is 0 Å². The first-order valence-electron chi connectivity index (χ1n) is 15.0. The number of aliphatic hydroxyl groups excluding tert-OH is 6. The molecule has 7 heteroatoms. The lowest BCUT2D eigenvalue weighted by molar-refractivity contribution is -0.296. The van der Waals surface area contributed by atoms with Crippen molar-refractivity contribution in [3.63, 3.8) is 0 Å². The van der Waals surface area contributed by atoms with Gasteiger partial charge in [0, 0.05) is 17.8 Å². The van der Waals surface area contributed by atoms with Crippen LogP contribution in [-0.2, 0) is 0 Å². The van der Waals surface area contributed by atoms with Gasteiger partial charge in [-0.2, -0.15) is 0 Å². The smallest absolute Gasteiger partial charge is 0.120 e. The minimum atomic E-state index is -1.91. The van der Waals surface area contributed by atoms with Gasteiger partial charge in [-0.05, 0) is 80.5 Å². The van der Waals surface area contributed by atoms with Crippen molar-refractivity contribution >= 4 is 0 Å². The second-order valence-electron chi connectivity index (χ2n) is 14.6. The average molecular weight is 527 g/mol. The topological polar surface area (TPSA) is 142 Å². The molecule has 0 aromatic rings. The van der Waals surface area contributed by atoms with Crippen LogP contribution in [0, 0.1) is 52.8 Å². The summed E-state index contributed by atoms with van der Waals surface area (Å²) < 4.78 is 0. The molecule has 0 bridgehead atoms. The molecule has 0 amide bonds. The zero-order chi connectivity index (χ0) is 27.4. The Labute approximate surface area is 223 Å². The SMILES string of the molecule is CCCC1CC(CCCC(C)(C)C)C(O)C2C(O)C3C(O)[C@]4(O)C(O)C(C(C)O)C(O)C[C@@H]4C[C@@H]3CC12. The van der Waals surface area contributed by atoms with Crippen molar-refractivity contribution in [2.24, 2.45) is 52.8 Å². The molecule has 0 spiro atoms. The standard InChI is InChI=1S/C30H54O7/c1-6-8-16-11-17(9-7-10-29(3,4)5)25(33)24-20(16)13-18-12-19-14-21(32)22(15(2)31)27(35)30(19,37)28(36)23(18)26(24)34/h15-28,31-37H,6-14H2,1-5H3/t15?,16?,17?,18-,19+,20?,21?,22?,23?,24?,25?,26?,27?,28?,30-/m1/s1. The van der Waals surface area contributed by atoms with Crippen molar-refractivity contribution in [3.05, 3.63) is 0 Å². The molecule has 4 saturated carbocycles. The van der Waals surface area contributed by atoms with Gasteiger partial charge < -0.3 is 35.7 Å². The molecule has 4 aliphatic carbocycles. The Kier molecular flexibility index (Phi) is 8.79. The fourth-order valence-corrected chi connectivity index (χ4v) is 9.37. The molecule has 4 fully saturated rings. The second kappa shape index (κ2) is 10.9. The Morgan fingerprint density at radius 2 is 1.51 bits per heavy atom. The molecule has 0 radical (unpaired) electrons. The van der Waals surface area contributed by atoms with E-state index < -0.39 is 60.0 Å². The van der Waals surface area contributed by atoms with E-state index in [0.29, 0.717) is 12.3 Å². The highest BCUT2D eigenvalue weighted by atomic mass is 16.4. The van der Waals surface area contributed by atoms with Gasteiger partial charge in [0.15, 0.2) is 0 Å². The number of hydrogen-bond donors (Lipinski definition) is 7. The highest BCUT2D eigenvalue weighted by Crippen LogP contribution is 2.59. The highest BCUT2D eigenvalue weighted by Gasteiger charge is 2.67. The summed E-state index contributed by atoms with van der Waals surface area (Å²) in [6.07, 6.45) is 1.02. The van der Waals surface area contributed by atoms with E-state index in [1.54, 1.807) is 0 Å². The van der Waals surface area contributed by atoms with E-state index in [1.807, 2.05) is 0 Å². The molecule has 0 aliphatic heterocycles. The van der Waals surface area contributed by atoms with Crippen LogP contribution in [0.3, 0.4) is 0 Å². The maximum atomic E-state index is 11.8. The van der Waals surface area contributed by atoms with Gasteiger partial charge in [0.05, 0.1) is 36.6 Å². The third-order valence-electron chi connectivity index (χ3n) is 11.1. The zero-order valence-electron chi connectivity index (χ0n) is 23.6. The van der Waals surface area contributed by atoms with Crippen LogP contribution in [0.25, 0.3) is 0 Å². The Morgan fingerprint density at radius 1 is 0.838 bits per heavy atom. The Hall–Kier alpha value is -0.280. The first-order chi connectivity index (χ1) is 17.2. The van der Waals surface area contributed by atoms with Crippen molar-refractivity contribution in [2.45, 2.75) is 135 Å². The summed E-state index contributed by atoms with van der Waals surface area (Å²) in [7, 11) is 0. The van der Waals surface area contributed by atoms with E-state index in [9.17, 15) is 35.7 Å². The van der Waals surface area contributed by atoms with Gasteiger partial charge in [-0.15, -0.1) is 0 Å².